The maximum absolute atomic E-state index is 11.7. The van der Waals surface area contributed by atoms with E-state index < -0.39 is 11.4 Å². The van der Waals surface area contributed by atoms with Crippen LogP contribution in [-0.4, -0.2) is 50.5 Å². The lowest BCUT2D eigenvalue weighted by Crippen LogP contribution is -2.44. The van der Waals surface area contributed by atoms with E-state index in [0.717, 1.165) is 19.3 Å². The number of rotatable bonds is 9. The Kier molecular flexibility index (Phi) is 7.54. The molecule has 116 valence electrons. The Morgan fingerprint density at radius 3 is 2.45 bits per heavy atom. The number of carbonyl (C=O) groups is 2. The van der Waals surface area contributed by atoms with Gasteiger partial charge in [-0.1, -0.05) is 19.3 Å². The third-order valence-electron chi connectivity index (χ3n) is 3.79. The lowest BCUT2D eigenvalue weighted by Gasteiger charge is -2.33. The van der Waals surface area contributed by atoms with Crippen molar-refractivity contribution >= 4 is 11.9 Å². The van der Waals surface area contributed by atoms with Gasteiger partial charge >= 0.3 is 5.97 Å². The summed E-state index contributed by atoms with van der Waals surface area (Å²) in [5, 5.41) is 12.1. The molecule has 0 aromatic carbocycles. The van der Waals surface area contributed by atoms with Crippen molar-refractivity contribution in [3.8, 4) is 0 Å². The monoisotopic (exact) mass is 287 g/mol. The van der Waals surface area contributed by atoms with Crippen LogP contribution >= 0.6 is 0 Å². The first kappa shape index (κ1) is 16.9. The second kappa shape index (κ2) is 8.92. The minimum Gasteiger partial charge on any atom is -0.481 e. The van der Waals surface area contributed by atoms with E-state index in [-0.39, 0.29) is 18.9 Å². The number of methoxy groups -OCH3 is 1. The standard InChI is InChI=1S/C14H25NO5/c1-19-9-10-20-8-5-12(16)15-11-14(13(17)18)6-3-2-4-7-14/h2-11H2,1H3,(H,15,16)(H,17,18). The molecule has 1 rings (SSSR count). The fourth-order valence-corrected chi connectivity index (χ4v) is 2.46. The van der Waals surface area contributed by atoms with Gasteiger partial charge in [-0.25, -0.2) is 0 Å². The highest BCUT2D eigenvalue weighted by Gasteiger charge is 2.39. The van der Waals surface area contributed by atoms with Crippen LogP contribution in [0.15, 0.2) is 0 Å². The van der Waals surface area contributed by atoms with E-state index in [0.29, 0.717) is 32.7 Å². The summed E-state index contributed by atoms with van der Waals surface area (Å²) in [7, 11) is 1.59. The molecular formula is C14H25NO5. The second-order valence-corrected chi connectivity index (χ2v) is 5.28. The molecule has 1 aliphatic rings. The summed E-state index contributed by atoms with van der Waals surface area (Å²) in [4.78, 5) is 23.1. The highest BCUT2D eigenvalue weighted by Crippen LogP contribution is 2.35. The Bertz CT molecular complexity index is 313. The Labute approximate surface area is 119 Å². The van der Waals surface area contributed by atoms with Gasteiger partial charge in [0, 0.05) is 20.1 Å². The van der Waals surface area contributed by atoms with Crippen molar-refractivity contribution in [1.29, 1.82) is 0 Å². The number of hydrogen-bond donors (Lipinski definition) is 2. The summed E-state index contributed by atoms with van der Waals surface area (Å²) in [5.41, 5.74) is -0.773. The molecular weight excluding hydrogens is 262 g/mol. The zero-order valence-electron chi connectivity index (χ0n) is 12.2. The Morgan fingerprint density at radius 1 is 1.15 bits per heavy atom. The van der Waals surface area contributed by atoms with Crippen molar-refractivity contribution in [3.05, 3.63) is 0 Å². The normalized spacial score (nSPS) is 17.6. The summed E-state index contributed by atoms with van der Waals surface area (Å²) in [5.74, 6) is -0.956. The zero-order valence-corrected chi connectivity index (χ0v) is 12.2. The van der Waals surface area contributed by atoms with Crippen LogP contribution in [0.1, 0.15) is 38.5 Å². The van der Waals surface area contributed by atoms with Gasteiger partial charge in [-0.15, -0.1) is 0 Å². The molecule has 1 fully saturated rings. The van der Waals surface area contributed by atoms with E-state index in [9.17, 15) is 14.7 Å². The average Bonchev–Trinajstić information content (AvgIpc) is 2.46. The van der Waals surface area contributed by atoms with E-state index in [1.54, 1.807) is 7.11 Å². The van der Waals surface area contributed by atoms with Crippen LogP contribution in [0.5, 0.6) is 0 Å². The number of carboxylic acid groups (broad SMARTS) is 1. The predicted molar refractivity (Wildman–Crippen MR) is 73.5 cm³/mol. The summed E-state index contributed by atoms with van der Waals surface area (Å²) in [6, 6.07) is 0. The number of nitrogens with one attached hydrogen (secondary N) is 1. The van der Waals surface area contributed by atoms with Crippen molar-refractivity contribution in [2.75, 3.05) is 33.5 Å². The maximum atomic E-state index is 11.7. The second-order valence-electron chi connectivity index (χ2n) is 5.28. The van der Waals surface area contributed by atoms with E-state index in [1.807, 2.05) is 0 Å². The van der Waals surface area contributed by atoms with Gasteiger partial charge < -0.3 is 19.9 Å². The lowest BCUT2D eigenvalue weighted by atomic mass is 9.74. The first-order valence-corrected chi connectivity index (χ1v) is 7.17. The van der Waals surface area contributed by atoms with Gasteiger partial charge in [0.2, 0.25) is 5.91 Å². The Hall–Kier alpha value is -1.14. The van der Waals surface area contributed by atoms with Crippen LogP contribution in [0.3, 0.4) is 0 Å². The third-order valence-corrected chi connectivity index (χ3v) is 3.79. The molecule has 0 aromatic rings. The van der Waals surface area contributed by atoms with Gasteiger partial charge in [-0.2, -0.15) is 0 Å². The van der Waals surface area contributed by atoms with Crippen LogP contribution in [0.25, 0.3) is 0 Å². The average molecular weight is 287 g/mol. The molecule has 0 aromatic heterocycles. The summed E-state index contributed by atoms with van der Waals surface area (Å²) in [6.45, 7) is 1.51. The van der Waals surface area contributed by atoms with Crippen molar-refractivity contribution in [3.63, 3.8) is 0 Å². The van der Waals surface area contributed by atoms with Gasteiger partial charge in [0.1, 0.15) is 0 Å². The van der Waals surface area contributed by atoms with Crippen molar-refractivity contribution in [1.82, 2.24) is 5.32 Å². The first-order chi connectivity index (χ1) is 9.60. The highest BCUT2D eigenvalue weighted by molar-refractivity contribution is 5.79. The summed E-state index contributed by atoms with van der Waals surface area (Å²) < 4.78 is 10.0. The van der Waals surface area contributed by atoms with Crippen LogP contribution in [0, 0.1) is 5.41 Å². The van der Waals surface area contributed by atoms with Gasteiger partial charge in [-0.3, -0.25) is 9.59 Å². The SMILES string of the molecule is COCCOCCC(=O)NCC1(C(=O)O)CCCCC1. The number of aliphatic carboxylic acids is 1. The van der Waals surface area contributed by atoms with Crippen LogP contribution < -0.4 is 5.32 Å². The van der Waals surface area contributed by atoms with Crippen LogP contribution in [0.2, 0.25) is 0 Å². The molecule has 0 saturated heterocycles. The third kappa shape index (κ3) is 5.46. The highest BCUT2D eigenvalue weighted by atomic mass is 16.5. The Morgan fingerprint density at radius 2 is 1.85 bits per heavy atom. The molecule has 0 unspecified atom stereocenters. The predicted octanol–water partition coefficient (Wildman–Crippen LogP) is 1.19. The molecule has 2 N–H and O–H groups in total. The fraction of sp³-hybridized carbons (Fsp3) is 0.857. The molecule has 0 bridgehead atoms. The lowest BCUT2D eigenvalue weighted by molar-refractivity contribution is -0.151. The van der Waals surface area contributed by atoms with E-state index in [4.69, 9.17) is 9.47 Å². The van der Waals surface area contributed by atoms with Crippen LogP contribution in [-0.2, 0) is 19.1 Å². The summed E-state index contributed by atoms with van der Waals surface area (Å²) >= 11 is 0. The maximum Gasteiger partial charge on any atom is 0.311 e. The first-order valence-electron chi connectivity index (χ1n) is 7.17. The van der Waals surface area contributed by atoms with Crippen molar-refractivity contribution in [2.45, 2.75) is 38.5 Å². The van der Waals surface area contributed by atoms with Gasteiger partial charge in [-0.05, 0) is 12.8 Å². The number of amides is 1. The largest absolute Gasteiger partial charge is 0.481 e. The van der Waals surface area contributed by atoms with Crippen LogP contribution in [0.4, 0.5) is 0 Å². The number of carbonyl (C=O) groups excluding carboxylic acids is 1. The molecule has 0 heterocycles. The number of ether oxygens (including phenoxy) is 2. The zero-order chi connectivity index (χ0) is 14.8. The molecule has 0 atom stereocenters. The number of carboxylic acids is 1. The van der Waals surface area contributed by atoms with Gasteiger partial charge in [0.05, 0.1) is 25.2 Å². The minimum absolute atomic E-state index is 0.159. The molecule has 20 heavy (non-hydrogen) atoms. The number of hydrogen-bond acceptors (Lipinski definition) is 4. The van der Waals surface area contributed by atoms with E-state index in [2.05, 4.69) is 5.32 Å². The van der Waals surface area contributed by atoms with Crippen molar-refractivity contribution < 1.29 is 24.2 Å². The molecule has 0 aliphatic heterocycles. The Balaban J connectivity index is 2.25. The smallest absolute Gasteiger partial charge is 0.311 e. The van der Waals surface area contributed by atoms with E-state index >= 15 is 0 Å². The van der Waals surface area contributed by atoms with Gasteiger partial charge in [0.25, 0.3) is 0 Å². The topological polar surface area (TPSA) is 84.9 Å². The summed E-state index contributed by atoms with van der Waals surface area (Å²) in [6.07, 6.45) is 4.46. The quantitative estimate of drug-likeness (QED) is 0.622. The molecule has 0 radical (unpaired) electrons. The molecule has 0 spiro atoms. The molecule has 1 aliphatic carbocycles. The minimum atomic E-state index is -0.797. The van der Waals surface area contributed by atoms with E-state index in [1.165, 1.54) is 0 Å². The molecule has 1 amide bonds. The molecule has 6 nitrogen and oxygen atoms in total. The fourth-order valence-electron chi connectivity index (χ4n) is 2.46. The molecule has 1 saturated carbocycles. The molecule has 6 heteroatoms. The van der Waals surface area contributed by atoms with Crippen molar-refractivity contribution in [2.24, 2.45) is 5.41 Å². The van der Waals surface area contributed by atoms with Gasteiger partial charge in [0.15, 0.2) is 0 Å².